The van der Waals surface area contributed by atoms with Gasteiger partial charge in [-0.25, -0.2) is 4.98 Å². The Morgan fingerprint density at radius 2 is 1.94 bits per heavy atom. The average molecular weight is 214 g/mol. The fourth-order valence-corrected chi connectivity index (χ4v) is 1.33. The third kappa shape index (κ3) is 2.42. The number of carbonyl (C=O) groups is 1. The lowest BCUT2D eigenvalue weighted by atomic mass is 10.1. The van der Waals surface area contributed by atoms with Crippen LogP contribution in [0.1, 0.15) is 16.1 Å². The first kappa shape index (κ1) is 10.3. The standard InChI is InChI=1S/C12H10N2O2/c15-10-3-1-9(2-4-10)7-12(16)11-8-13-5-6-14-11/h1-6,8,15H,7H2. The lowest BCUT2D eigenvalue weighted by Crippen LogP contribution is -2.05. The molecule has 2 aromatic rings. The van der Waals surface area contributed by atoms with E-state index in [2.05, 4.69) is 9.97 Å². The molecular formula is C12H10N2O2. The molecule has 1 N–H and O–H groups in total. The SMILES string of the molecule is O=C(Cc1ccc(O)cc1)c1cnccn1. The first-order valence-electron chi connectivity index (χ1n) is 4.83. The third-order valence-corrected chi connectivity index (χ3v) is 2.15. The predicted molar refractivity (Wildman–Crippen MR) is 58.2 cm³/mol. The van der Waals surface area contributed by atoms with Gasteiger partial charge >= 0.3 is 0 Å². The van der Waals surface area contributed by atoms with Crippen LogP contribution in [0.5, 0.6) is 5.75 Å². The highest BCUT2D eigenvalue weighted by atomic mass is 16.3. The van der Waals surface area contributed by atoms with Crippen LogP contribution < -0.4 is 0 Å². The molecule has 16 heavy (non-hydrogen) atoms. The molecule has 80 valence electrons. The van der Waals surface area contributed by atoms with E-state index in [9.17, 15) is 4.79 Å². The monoisotopic (exact) mass is 214 g/mol. The van der Waals surface area contributed by atoms with Crippen molar-refractivity contribution in [2.45, 2.75) is 6.42 Å². The predicted octanol–water partition coefficient (Wildman–Crippen LogP) is 1.61. The summed E-state index contributed by atoms with van der Waals surface area (Å²) in [4.78, 5) is 19.5. The zero-order valence-corrected chi connectivity index (χ0v) is 8.50. The van der Waals surface area contributed by atoms with Gasteiger partial charge in [0.05, 0.1) is 6.20 Å². The van der Waals surface area contributed by atoms with Gasteiger partial charge in [-0.15, -0.1) is 0 Å². The van der Waals surface area contributed by atoms with Gasteiger partial charge < -0.3 is 5.11 Å². The summed E-state index contributed by atoms with van der Waals surface area (Å²) in [6.07, 6.45) is 4.73. The number of phenolic OH excluding ortho intramolecular Hbond substituents is 1. The summed E-state index contributed by atoms with van der Waals surface area (Å²) in [6, 6.07) is 6.53. The van der Waals surface area contributed by atoms with E-state index in [-0.39, 0.29) is 18.0 Å². The van der Waals surface area contributed by atoms with Crippen molar-refractivity contribution in [1.29, 1.82) is 0 Å². The Bertz CT molecular complexity index is 480. The minimum absolute atomic E-state index is 0.0845. The largest absolute Gasteiger partial charge is 0.508 e. The summed E-state index contributed by atoms with van der Waals surface area (Å²) >= 11 is 0. The molecule has 0 radical (unpaired) electrons. The fourth-order valence-electron chi connectivity index (χ4n) is 1.33. The summed E-state index contributed by atoms with van der Waals surface area (Å²) in [7, 11) is 0. The molecule has 1 aromatic heterocycles. The van der Waals surface area contributed by atoms with Crippen molar-refractivity contribution in [3.8, 4) is 5.75 Å². The van der Waals surface area contributed by atoms with Crippen molar-refractivity contribution in [2.24, 2.45) is 0 Å². The number of carbonyl (C=O) groups excluding carboxylic acids is 1. The molecule has 1 aromatic carbocycles. The highest BCUT2D eigenvalue weighted by molar-refractivity contribution is 5.95. The zero-order valence-electron chi connectivity index (χ0n) is 8.50. The van der Waals surface area contributed by atoms with Gasteiger partial charge in [0.2, 0.25) is 0 Å². The van der Waals surface area contributed by atoms with E-state index in [1.165, 1.54) is 18.6 Å². The van der Waals surface area contributed by atoms with Crippen molar-refractivity contribution < 1.29 is 9.90 Å². The van der Waals surface area contributed by atoms with E-state index in [1.807, 2.05) is 0 Å². The first-order chi connectivity index (χ1) is 7.75. The lowest BCUT2D eigenvalue weighted by Gasteiger charge is -2.00. The van der Waals surface area contributed by atoms with Gasteiger partial charge in [0.15, 0.2) is 5.78 Å². The molecular weight excluding hydrogens is 204 g/mol. The smallest absolute Gasteiger partial charge is 0.187 e. The van der Waals surface area contributed by atoms with Crippen LogP contribution in [0.15, 0.2) is 42.9 Å². The molecule has 4 nitrogen and oxygen atoms in total. The topological polar surface area (TPSA) is 63.1 Å². The van der Waals surface area contributed by atoms with Crippen LogP contribution in [0.25, 0.3) is 0 Å². The minimum atomic E-state index is -0.0845. The number of aromatic nitrogens is 2. The van der Waals surface area contributed by atoms with Gasteiger partial charge in [-0.1, -0.05) is 12.1 Å². The molecule has 0 saturated carbocycles. The van der Waals surface area contributed by atoms with E-state index >= 15 is 0 Å². The van der Waals surface area contributed by atoms with Crippen LogP contribution in [0.4, 0.5) is 0 Å². The summed E-state index contributed by atoms with van der Waals surface area (Å²) < 4.78 is 0. The van der Waals surface area contributed by atoms with Crippen LogP contribution in [-0.4, -0.2) is 20.9 Å². The van der Waals surface area contributed by atoms with Crippen LogP contribution in [-0.2, 0) is 6.42 Å². The highest BCUT2D eigenvalue weighted by Gasteiger charge is 2.07. The summed E-state index contributed by atoms with van der Waals surface area (Å²) in [5, 5.41) is 9.10. The number of Topliss-reactive ketones (excluding diaryl/α,β-unsaturated/α-hetero) is 1. The number of benzene rings is 1. The number of rotatable bonds is 3. The Morgan fingerprint density at radius 1 is 1.19 bits per heavy atom. The maximum Gasteiger partial charge on any atom is 0.187 e. The maximum atomic E-state index is 11.7. The molecule has 0 spiro atoms. The van der Waals surface area contributed by atoms with Crippen LogP contribution in [0, 0.1) is 0 Å². The maximum absolute atomic E-state index is 11.7. The Kier molecular flexibility index (Phi) is 2.91. The normalized spacial score (nSPS) is 10.0. The van der Waals surface area contributed by atoms with E-state index in [4.69, 9.17) is 5.11 Å². The van der Waals surface area contributed by atoms with Crippen molar-refractivity contribution in [3.05, 3.63) is 54.1 Å². The fraction of sp³-hybridized carbons (Fsp3) is 0.0833. The average Bonchev–Trinajstić information content (AvgIpc) is 2.33. The van der Waals surface area contributed by atoms with Gasteiger partial charge in [-0.2, -0.15) is 0 Å². The van der Waals surface area contributed by atoms with Gasteiger partial charge in [0, 0.05) is 18.8 Å². The zero-order chi connectivity index (χ0) is 11.4. The van der Waals surface area contributed by atoms with Crippen molar-refractivity contribution >= 4 is 5.78 Å². The van der Waals surface area contributed by atoms with Gasteiger partial charge in [0.1, 0.15) is 11.4 Å². The number of ketones is 1. The first-order valence-corrected chi connectivity index (χ1v) is 4.83. The second-order valence-corrected chi connectivity index (χ2v) is 3.36. The molecule has 0 saturated heterocycles. The molecule has 2 rings (SSSR count). The van der Waals surface area contributed by atoms with Gasteiger partial charge in [-0.3, -0.25) is 9.78 Å². The summed E-state index contributed by atoms with van der Waals surface area (Å²) in [5.41, 5.74) is 1.20. The van der Waals surface area contributed by atoms with E-state index in [0.717, 1.165) is 5.56 Å². The Hall–Kier alpha value is -2.23. The number of nitrogens with zero attached hydrogens (tertiary/aromatic N) is 2. The molecule has 0 fully saturated rings. The Labute approximate surface area is 92.6 Å². The molecule has 0 atom stereocenters. The van der Waals surface area contributed by atoms with E-state index in [1.54, 1.807) is 24.3 Å². The molecule has 4 heteroatoms. The second kappa shape index (κ2) is 4.53. The Balaban J connectivity index is 2.11. The van der Waals surface area contributed by atoms with Gasteiger partial charge in [0.25, 0.3) is 0 Å². The molecule has 0 aliphatic rings. The van der Waals surface area contributed by atoms with E-state index in [0.29, 0.717) is 5.69 Å². The van der Waals surface area contributed by atoms with E-state index < -0.39 is 0 Å². The summed E-state index contributed by atoms with van der Waals surface area (Å²) in [6.45, 7) is 0. The van der Waals surface area contributed by atoms with Crippen LogP contribution >= 0.6 is 0 Å². The molecule has 0 aliphatic heterocycles. The van der Waals surface area contributed by atoms with Gasteiger partial charge in [-0.05, 0) is 17.7 Å². The van der Waals surface area contributed by atoms with Crippen LogP contribution in [0.3, 0.4) is 0 Å². The van der Waals surface area contributed by atoms with Crippen molar-refractivity contribution in [2.75, 3.05) is 0 Å². The van der Waals surface area contributed by atoms with Crippen molar-refractivity contribution in [3.63, 3.8) is 0 Å². The number of aromatic hydroxyl groups is 1. The molecule has 0 bridgehead atoms. The lowest BCUT2D eigenvalue weighted by molar-refractivity contribution is 0.0988. The minimum Gasteiger partial charge on any atom is -0.508 e. The second-order valence-electron chi connectivity index (χ2n) is 3.36. The summed E-state index contributed by atoms with van der Waals surface area (Å²) in [5.74, 6) is 0.106. The quantitative estimate of drug-likeness (QED) is 0.788. The number of phenols is 1. The number of hydrogen-bond acceptors (Lipinski definition) is 4. The highest BCUT2D eigenvalue weighted by Crippen LogP contribution is 2.11. The molecule has 0 amide bonds. The van der Waals surface area contributed by atoms with Crippen molar-refractivity contribution in [1.82, 2.24) is 9.97 Å². The molecule has 1 heterocycles. The number of hydrogen-bond donors (Lipinski definition) is 1. The third-order valence-electron chi connectivity index (χ3n) is 2.15. The molecule has 0 unspecified atom stereocenters. The molecule has 0 aliphatic carbocycles. The Morgan fingerprint density at radius 3 is 2.56 bits per heavy atom. The van der Waals surface area contributed by atoms with Crippen LogP contribution in [0.2, 0.25) is 0 Å².